The number of likely N-dealkylation sites (N-methyl/N-ethyl adjacent to an activating group) is 7. The number of aliphatic hydroxyl groups is 1. The Labute approximate surface area is 508 Å². The fourth-order valence-corrected chi connectivity index (χ4v) is 10.9. The standard InChI is InChI=1S/C62H111N11O12/c1-25-28-29-40(16)52(75)51-56(79)65-43(27-3)58(81)67(18)33-47(74)71(22)49(38(12)13)55(78)66-48(37(10)11)61(84)68(19)44(30-34(4)5)54(77)64-42(26-2)53(76)63-41(17)57(80)69(20)45(31-35(6)7)59(82)70(21)46(32-36(8)9)60(83)72(23)50(39(14)15)62(85)73(51)24/h25,28,34-46,48-52,75H,26-27,29-33H2,1-24H3,(H,63,76)(H,64,77)(H,65,79)(H,66,78)/b28-25+/t40-,41-,42+,43+,44+,45+,46+,48+,49+,50+,51+,52-/m1/s1. The highest BCUT2D eigenvalue weighted by Crippen LogP contribution is 2.26. The summed E-state index contributed by atoms with van der Waals surface area (Å²) >= 11 is 0. The second kappa shape index (κ2) is 34.9. The van der Waals surface area contributed by atoms with Gasteiger partial charge in [-0.15, -0.1) is 0 Å². The Morgan fingerprint density at radius 1 is 0.459 bits per heavy atom. The van der Waals surface area contributed by atoms with Crippen molar-refractivity contribution in [3.05, 3.63) is 12.2 Å². The van der Waals surface area contributed by atoms with E-state index in [4.69, 9.17) is 0 Å². The molecule has 0 aromatic heterocycles. The minimum atomic E-state index is -1.61. The number of allylic oxidation sites excluding steroid dienone is 2. The molecule has 0 unspecified atom stereocenters. The van der Waals surface area contributed by atoms with E-state index in [2.05, 4.69) is 21.3 Å². The summed E-state index contributed by atoms with van der Waals surface area (Å²) in [4.78, 5) is 169. The Bertz CT molecular complexity index is 2330. The van der Waals surface area contributed by atoms with E-state index in [9.17, 15) is 48.3 Å². The molecule has 11 amide bonds. The molecule has 23 nitrogen and oxygen atoms in total. The summed E-state index contributed by atoms with van der Waals surface area (Å²) in [6.07, 6.45) is 2.97. The Balaban J connectivity index is 4.34. The predicted octanol–water partition coefficient (Wildman–Crippen LogP) is 3.27. The summed E-state index contributed by atoms with van der Waals surface area (Å²) in [6, 6.07) is -12.3. The Morgan fingerprint density at radius 2 is 0.882 bits per heavy atom. The molecule has 1 heterocycles. The quantitative estimate of drug-likeness (QED) is 0.148. The summed E-state index contributed by atoms with van der Waals surface area (Å²) in [6.45, 7) is 29.3. The van der Waals surface area contributed by atoms with Gasteiger partial charge in [-0.3, -0.25) is 52.7 Å². The number of nitrogens with one attached hydrogen (secondary N) is 4. The lowest BCUT2D eigenvalue weighted by molar-refractivity contribution is -0.157. The monoisotopic (exact) mass is 1200 g/mol. The van der Waals surface area contributed by atoms with Crippen molar-refractivity contribution >= 4 is 65.0 Å². The fourth-order valence-electron chi connectivity index (χ4n) is 10.9. The van der Waals surface area contributed by atoms with Gasteiger partial charge in [0.1, 0.15) is 60.4 Å². The summed E-state index contributed by atoms with van der Waals surface area (Å²) in [5.41, 5.74) is 0. The van der Waals surface area contributed by atoms with Crippen LogP contribution < -0.4 is 21.3 Å². The minimum absolute atomic E-state index is 0.0217. The van der Waals surface area contributed by atoms with Gasteiger partial charge < -0.3 is 60.7 Å². The number of rotatable bonds is 15. The average molecular weight is 1200 g/mol. The molecular formula is C62H111N11O12. The molecule has 1 aliphatic rings. The van der Waals surface area contributed by atoms with Crippen LogP contribution in [0.3, 0.4) is 0 Å². The lowest BCUT2D eigenvalue weighted by atomic mass is 9.91. The molecule has 0 aliphatic carbocycles. The molecule has 0 aromatic rings. The highest BCUT2D eigenvalue weighted by molar-refractivity contribution is 5.99. The third-order valence-corrected chi connectivity index (χ3v) is 16.2. The number of amides is 11. The second-order valence-electron chi connectivity index (χ2n) is 25.9. The molecule has 1 rings (SSSR count). The summed E-state index contributed by atoms with van der Waals surface area (Å²) in [5.74, 6) is -10.1. The van der Waals surface area contributed by atoms with Crippen LogP contribution in [0.25, 0.3) is 0 Å². The fraction of sp³-hybridized carbons (Fsp3) is 0.790. The Morgan fingerprint density at radius 3 is 1.33 bits per heavy atom. The van der Waals surface area contributed by atoms with Gasteiger partial charge in [0.2, 0.25) is 65.0 Å². The van der Waals surface area contributed by atoms with E-state index in [0.29, 0.717) is 6.42 Å². The molecule has 1 fully saturated rings. The normalized spacial score (nSPS) is 26.9. The van der Waals surface area contributed by atoms with E-state index >= 15 is 9.59 Å². The summed E-state index contributed by atoms with van der Waals surface area (Å²) < 4.78 is 0. The van der Waals surface area contributed by atoms with E-state index in [0.717, 1.165) is 9.80 Å². The van der Waals surface area contributed by atoms with Crippen LogP contribution in [-0.4, -0.2) is 227 Å². The molecule has 5 N–H and O–H groups in total. The zero-order chi connectivity index (χ0) is 66.0. The molecule has 0 aromatic carbocycles. The first kappa shape index (κ1) is 76.9. The Kier molecular flexibility index (Phi) is 31.5. The highest BCUT2D eigenvalue weighted by atomic mass is 16.3. The molecule has 0 bridgehead atoms. The van der Waals surface area contributed by atoms with Crippen LogP contribution in [-0.2, 0) is 52.7 Å². The van der Waals surface area contributed by atoms with Gasteiger partial charge in [0.15, 0.2) is 0 Å². The van der Waals surface area contributed by atoms with Crippen LogP contribution >= 0.6 is 0 Å². The van der Waals surface area contributed by atoms with Crippen molar-refractivity contribution in [2.75, 3.05) is 55.9 Å². The van der Waals surface area contributed by atoms with Crippen molar-refractivity contribution < 1.29 is 57.8 Å². The van der Waals surface area contributed by atoms with Gasteiger partial charge in [0.25, 0.3) is 0 Å². The maximum Gasteiger partial charge on any atom is 0.246 e. The van der Waals surface area contributed by atoms with E-state index in [1.807, 2.05) is 41.5 Å². The van der Waals surface area contributed by atoms with Gasteiger partial charge in [-0.2, -0.15) is 0 Å². The molecule has 0 radical (unpaired) electrons. The number of carbonyl (C=O) groups is 11. The number of aliphatic hydroxyl groups excluding tert-OH is 1. The number of hydrogen-bond donors (Lipinski definition) is 5. The van der Waals surface area contributed by atoms with E-state index < -0.39 is 162 Å². The third kappa shape index (κ3) is 21.1. The largest absolute Gasteiger partial charge is 0.390 e. The van der Waals surface area contributed by atoms with Gasteiger partial charge in [-0.05, 0) is 93.8 Å². The first-order valence-corrected chi connectivity index (χ1v) is 30.6. The van der Waals surface area contributed by atoms with E-state index in [1.54, 1.807) is 81.4 Å². The minimum Gasteiger partial charge on any atom is -0.390 e. The number of carbonyl (C=O) groups excluding carboxylic acids is 11. The predicted molar refractivity (Wildman–Crippen MR) is 328 cm³/mol. The maximum atomic E-state index is 15.1. The lowest BCUT2D eigenvalue weighted by Gasteiger charge is -2.41. The first-order valence-electron chi connectivity index (χ1n) is 30.6. The molecule has 1 saturated heterocycles. The summed E-state index contributed by atoms with van der Waals surface area (Å²) in [5, 5.41) is 23.2. The molecule has 23 heteroatoms. The molecule has 0 saturated carbocycles. The van der Waals surface area contributed by atoms with Crippen LogP contribution in [0.2, 0.25) is 0 Å². The van der Waals surface area contributed by atoms with E-state index in [1.165, 1.54) is 80.8 Å². The zero-order valence-corrected chi connectivity index (χ0v) is 56.1. The third-order valence-electron chi connectivity index (χ3n) is 16.2. The van der Waals surface area contributed by atoms with Gasteiger partial charge >= 0.3 is 0 Å². The molecule has 85 heavy (non-hydrogen) atoms. The average Bonchev–Trinajstić information content (AvgIpc) is 3.57. The van der Waals surface area contributed by atoms with Crippen molar-refractivity contribution in [1.82, 2.24) is 55.6 Å². The van der Waals surface area contributed by atoms with Crippen LogP contribution in [0.4, 0.5) is 0 Å². The summed E-state index contributed by atoms with van der Waals surface area (Å²) in [7, 11) is 9.91. The molecular weight excluding hydrogens is 1090 g/mol. The van der Waals surface area contributed by atoms with Crippen LogP contribution in [0, 0.1) is 41.4 Å². The number of nitrogens with zero attached hydrogens (tertiary/aromatic N) is 7. The van der Waals surface area contributed by atoms with Crippen molar-refractivity contribution in [1.29, 1.82) is 0 Å². The Hall–Kier alpha value is -6.13. The van der Waals surface area contributed by atoms with Crippen molar-refractivity contribution in [3.63, 3.8) is 0 Å². The van der Waals surface area contributed by atoms with Crippen molar-refractivity contribution in [2.24, 2.45) is 41.4 Å². The van der Waals surface area contributed by atoms with Gasteiger partial charge in [0.05, 0.1) is 12.6 Å². The van der Waals surface area contributed by atoms with Crippen molar-refractivity contribution in [3.8, 4) is 0 Å². The zero-order valence-electron chi connectivity index (χ0n) is 56.1. The second-order valence-corrected chi connectivity index (χ2v) is 25.9. The van der Waals surface area contributed by atoms with Crippen LogP contribution in [0.5, 0.6) is 0 Å². The van der Waals surface area contributed by atoms with Crippen LogP contribution in [0.1, 0.15) is 156 Å². The highest BCUT2D eigenvalue weighted by Gasteiger charge is 2.46. The smallest absolute Gasteiger partial charge is 0.246 e. The van der Waals surface area contributed by atoms with Gasteiger partial charge in [0, 0.05) is 49.3 Å². The van der Waals surface area contributed by atoms with E-state index in [-0.39, 0.29) is 49.9 Å². The SMILES string of the molecule is C/C=C/C[C@@H](C)[C@@H](O)[C@H]1C(=O)N[C@@H](CC)C(=O)N(C)CC(=O)N(C)[C@@H](C(C)C)C(=O)N[C@@H](C(C)C)C(=O)N(C)[C@@H](CC(C)C)C(=O)N[C@@H](CC)C(=O)N[C@H](C)C(=O)N(C)[C@@H](CC(C)C)C(=O)N(C)[C@@H](CC(C)C)C(=O)N(C)[C@@H](C(C)C)C(=O)N1C. The molecule has 486 valence electrons. The topological polar surface area (TPSA) is 279 Å². The molecule has 0 spiro atoms. The lowest BCUT2D eigenvalue weighted by Crippen LogP contribution is -2.63. The maximum absolute atomic E-state index is 15.1. The van der Waals surface area contributed by atoms with Crippen molar-refractivity contribution in [2.45, 2.75) is 223 Å². The molecule has 1 aliphatic heterocycles. The number of hydrogen-bond acceptors (Lipinski definition) is 12. The first-order chi connectivity index (χ1) is 39.3. The van der Waals surface area contributed by atoms with Gasteiger partial charge in [-0.25, -0.2) is 0 Å². The van der Waals surface area contributed by atoms with Gasteiger partial charge in [-0.1, -0.05) is 116 Å². The molecule has 12 atom stereocenters. The van der Waals surface area contributed by atoms with Crippen LogP contribution in [0.15, 0.2) is 12.2 Å².